The largest absolute Gasteiger partial charge is 0.351 e. The van der Waals surface area contributed by atoms with E-state index in [1.54, 1.807) is 23.0 Å². The van der Waals surface area contributed by atoms with E-state index in [0.29, 0.717) is 30.2 Å². The van der Waals surface area contributed by atoms with Gasteiger partial charge in [-0.3, -0.25) is 14.5 Å². The minimum Gasteiger partial charge on any atom is -0.351 e. The number of nitrogens with one attached hydrogen (secondary N) is 2. The van der Waals surface area contributed by atoms with Crippen LogP contribution in [0.2, 0.25) is 0 Å². The van der Waals surface area contributed by atoms with Gasteiger partial charge in [0.15, 0.2) is 0 Å². The van der Waals surface area contributed by atoms with Gasteiger partial charge in [-0.1, -0.05) is 18.2 Å². The normalized spacial score (nSPS) is 11.0. The number of H-pyrrole nitrogens is 1. The molecule has 130 valence electrons. The topological polar surface area (TPSA) is 75.6 Å². The van der Waals surface area contributed by atoms with E-state index in [2.05, 4.69) is 20.4 Å². The molecule has 4 aromatic rings. The van der Waals surface area contributed by atoms with Crippen LogP contribution >= 0.6 is 0 Å². The maximum atomic E-state index is 12.9. The monoisotopic (exact) mass is 349 g/mol. The van der Waals surface area contributed by atoms with Crippen molar-refractivity contribution in [3.05, 3.63) is 72.4 Å². The third-order valence-electron chi connectivity index (χ3n) is 4.03. The quantitative estimate of drug-likeness (QED) is 0.582. The third-order valence-corrected chi connectivity index (χ3v) is 4.03. The number of halogens is 1. The summed E-state index contributed by atoms with van der Waals surface area (Å²) >= 11 is 0. The molecule has 0 bridgehead atoms. The molecule has 3 heterocycles. The van der Waals surface area contributed by atoms with Gasteiger partial charge in [-0.2, -0.15) is 5.10 Å². The van der Waals surface area contributed by atoms with Crippen molar-refractivity contribution in [2.75, 3.05) is 6.54 Å². The Morgan fingerprint density at radius 2 is 2.04 bits per heavy atom. The number of carbonyl (C=O) groups is 1. The molecule has 4 rings (SSSR count). The summed E-state index contributed by atoms with van der Waals surface area (Å²) in [4.78, 5) is 19.4. The zero-order chi connectivity index (χ0) is 17.9. The highest BCUT2D eigenvalue weighted by molar-refractivity contribution is 5.97. The van der Waals surface area contributed by atoms with E-state index < -0.39 is 0 Å². The Hall–Kier alpha value is -3.48. The highest BCUT2D eigenvalue weighted by atomic mass is 19.1. The molecule has 0 spiro atoms. The van der Waals surface area contributed by atoms with Crippen LogP contribution in [0, 0.1) is 5.82 Å². The van der Waals surface area contributed by atoms with Gasteiger partial charge in [0.2, 0.25) is 0 Å². The number of carbonyl (C=O) groups excluding carboxylic acids is 1. The number of para-hydroxylation sites is 1. The van der Waals surface area contributed by atoms with Gasteiger partial charge in [0.05, 0.1) is 18.4 Å². The molecule has 0 fully saturated rings. The van der Waals surface area contributed by atoms with Gasteiger partial charge >= 0.3 is 0 Å². The van der Waals surface area contributed by atoms with E-state index in [1.807, 2.05) is 30.3 Å². The molecule has 6 nitrogen and oxygen atoms in total. The van der Waals surface area contributed by atoms with Crippen LogP contribution < -0.4 is 5.32 Å². The molecule has 1 amide bonds. The molecule has 7 heteroatoms. The van der Waals surface area contributed by atoms with E-state index in [-0.39, 0.29) is 11.7 Å². The van der Waals surface area contributed by atoms with E-state index in [4.69, 9.17) is 0 Å². The SMILES string of the molecule is O=C(NCCn1ccc(-c2ccc(F)cn2)n1)c1cc2ccccc2[nH]1. The molecule has 0 aliphatic heterocycles. The van der Waals surface area contributed by atoms with Gasteiger partial charge in [-0.15, -0.1) is 0 Å². The number of nitrogens with zero attached hydrogens (tertiary/aromatic N) is 3. The summed E-state index contributed by atoms with van der Waals surface area (Å²) in [5, 5.41) is 8.26. The van der Waals surface area contributed by atoms with E-state index in [9.17, 15) is 9.18 Å². The highest BCUT2D eigenvalue weighted by Crippen LogP contribution is 2.15. The van der Waals surface area contributed by atoms with Crippen molar-refractivity contribution in [1.82, 2.24) is 25.1 Å². The number of benzene rings is 1. The fraction of sp³-hybridized carbons (Fsp3) is 0.105. The summed E-state index contributed by atoms with van der Waals surface area (Å²) in [6.07, 6.45) is 2.96. The highest BCUT2D eigenvalue weighted by Gasteiger charge is 2.09. The minimum absolute atomic E-state index is 0.159. The second kappa shape index (κ2) is 6.79. The molecule has 0 unspecified atom stereocenters. The zero-order valence-corrected chi connectivity index (χ0v) is 13.8. The van der Waals surface area contributed by atoms with Crippen molar-refractivity contribution in [2.24, 2.45) is 0 Å². The van der Waals surface area contributed by atoms with Crippen LogP contribution in [0.15, 0.2) is 60.9 Å². The van der Waals surface area contributed by atoms with Crippen molar-refractivity contribution in [3.63, 3.8) is 0 Å². The Kier molecular flexibility index (Phi) is 4.18. The second-order valence-electron chi connectivity index (χ2n) is 5.85. The van der Waals surface area contributed by atoms with Crippen LogP contribution in [-0.2, 0) is 6.54 Å². The predicted molar refractivity (Wildman–Crippen MR) is 96.0 cm³/mol. The van der Waals surface area contributed by atoms with E-state index >= 15 is 0 Å². The van der Waals surface area contributed by atoms with Crippen LogP contribution in [0.25, 0.3) is 22.3 Å². The van der Waals surface area contributed by atoms with Crippen LogP contribution in [0.3, 0.4) is 0 Å². The molecule has 0 radical (unpaired) electrons. The lowest BCUT2D eigenvalue weighted by Crippen LogP contribution is -2.27. The molecule has 2 N–H and O–H groups in total. The van der Waals surface area contributed by atoms with Gasteiger partial charge in [-0.25, -0.2) is 4.39 Å². The molecule has 26 heavy (non-hydrogen) atoms. The van der Waals surface area contributed by atoms with Crippen molar-refractivity contribution in [1.29, 1.82) is 0 Å². The Morgan fingerprint density at radius 3 is 2.85 bits per heavy atom. The van der Waals surface area contributed by atoms with Gasteiger partial charge < -0.3 is 10.3 Å². The number of aromatic amines is 1. The molecular weight excluding hydrogens is 333 g/mol. The zero-order valence-electron chi connectivity index (χ0n) is 13.8. The molecule has 3 aromatic heterocycles. The smallest absolute Gasteiger partial charge is 0.267 e. The molecule has 0 aliphatic rings. The van der Waals surface area contributed by atoms with Crippen molar-refractivity contribution in [3.8, 4) is 11.4 Å². The number of aromatic nitrogens is 4. The Labute approximate surface area is 148 Å². The van der Waals surface area contributed by atoms with Gasteiger partial charge in [0, 0.05) is 23.6 Å². The standard InChI is InChI=1S/C19H16FN5O/c20-14-5-6-16(22-12-14)17-7-9-25(24-17)10-8-21-19(26)18-11-13-3-1-2-4-15(13)23-18/h1-7,9,11-12,23H,8,10H2,(H,21,26). The van der Waals surface area contributed by atoms with Gasteiger partial charge in [-0.05, 0) is 30.3 Å². The van der Waals surface area contributed by atoms with Crippen LogP contribution in [-0.4, -0.2) is 32.2 Å². The predicted octanol–water partition coefficient (Wildman–Crippen LogP) is 3.00. The van der Waals surface area contributed by atoms with Crippen molar-refractivity contribution in [2.45, 2.75) is 6.54 Å². The average molecular weight is 349 g/mol. The number of hydrogen-bond acceptors (Lipinski definition) is 3. The van der Waals surface area contributed by atoms with Crippen molar-refractivity contribution >= 4 is 16.8 Å². The number of amides is 1. The molecule has 0 atom stereocenters. The average Bonchev–Trinajstić information content (AvgIpc) is 3.29. The molecule has 0 saturated heterocycles. The fourth-order valence-electron chi connectivity index (χ4n) is 2.73. The Morgan fingerprint density at radius 1 is 1.15 bits per heavy atom. The fourth-order valence-corrected chi connectivity index (χ4v) is 2.73. The number of hydrogen-bond donors (Lipinski definition) is 2. The van der Waals surface area contributed by atoms with E-state index in [0.717, 1.165) is 17.1 Å². The van der Waals surface area contributed by atoms with Crippen LogP contribution in [0.5, 0.6) is 0 Å². The molecule has 0 aliphatic carbocycles. The summed E-state index contributed by atoms with van der Waals surface area (Å²) in [7, 11) is 0. The molecular formula is C19H16FN5O. The summed E-state index contributed by atoms with van der Waals surface area (Å²) in [5.74, 6) is -0.540. The first kappa shape index (κ1) is 16.0. The second-order valence-corrected chi connectivity index (χ2v) is 5.85. The number of rotatable bonds is 5. The maximum absolute atomic E-state index is 12.9. The number of pyridine rings is 1. The van der Waals surface area contributed by atoms with Crippen LogP contribution in [0.1, 0.15) is 10.5 Å². The third kappa shape index (κ3) is 3.32. The first-order valence-corrected chi connectivity index (χ1v) is 8.20. The first-order valence-electron chi connectivity index (χ1n) is 8.20. The molecule has 0 saturated carbocycles. The summed E-state index contributed by atoms with van der Waals surface area (Å²) in [5.41, 5.74) is 2.73. The van der Waals surface area contributed by atoms with Crippen molar-refractivity contribution < 1.29 is 9.18 Å². The van der Waals surface area contributed by atoms with Gasteiger partial charge in [0.1, 0.15) is 17.2 Å². The Balaban J connectivity index is 1.36. The summed E-state index contributed by atoms with van der Waals surface area (Å²) in [6, 6.07) is 14.3. The first-order chi connectivity index (χ1) is 12.7. The lowest BCUT2D eigenvalue weighted by molar-refractivity contribution is 0.0948. The maximum Gasteiger partial charge on any atom is 0.267 e. The minimum atomic E-state index is -0.382. The van der Waals surface area contributed by atoms with E-state index in [1.165, 1.54) is 6.07 Å². The lowest BCUT2D eigenvalue weighted by atomic mass is 10.2. The summed E-state index contributed by atoms with van der Waals surface area (Å²) < 4.78 is 14.6. The van der Waals surface area contributed by atoms with Gasteiger partial charge in [0.25, 0.3) is 5.91 Å². The van der Waals surface area contributed by atoms with Crippen LogP contribution in [0.4, 0.5) is 4.39 Å². The Bertz CT molecular complexity index is 1020. The summed E-state index contributed by atoms with van der Waals surface area (Å²) in [6.45, 7) is 0.958. The lowest BCUT2D eigenvalue weighted by Gasteiger charge is -2.04. The molecule has 1 aromatic carbocycles. The number of fused-ring (bicyclic) bond motifs is 1.